The van der Waals surface area contributed by atoms with E-state index in [9.17, 15) is 0 Å². The summed E-state index contributed by atoms with van der Waals surface area (Å²) in [5.41, 5.74) is 2.10. The molecule has 1 N–H and O–H groups in total. The average Bonchev–Trinajstić information content (AvgIpc) is 2.42. The van der Waals surface area contributed by atoms with Crippen LogP contribution in [0.5, 0.6) is 0 Å². The third kappa shape index (κ3) is 7.07. The molecule has 100 valence electrons. The second-order valence-electron chi connectivity index (χ2n) is 3.29. The van der Waals surface area contributed by atoms with Crippen LogP contribution < -0.4 is 5.32 Å². The molecule has 0 saturated heterocycles. The molecule has 2 heterocycles. The van der Waals surface area contributed by atoms with Crippen molar-refractivity contribution >= 4 is 18.8 Å². The fraction of sp³-hybridized carbons (Fsp3) is 0.167. The maximum Gasteiger partial charge on any atom is 0.0541 e. The summed E-state index contributed by atoms with van der Waals surface area (Å²) < 4.78 is 0. The number of halogens is 2. The smallest absolute Gasteiger partial charge is 0.0541 e. The van der Waals surface area contributed by atoms with Gasteiger partial charge in [0.15, 0.2) is 0 Å². The first-order valence-electron chi connectivity index (χ1n) is 5.19. The molecule has 0 radical (unpaired) electrons. The van der Waals surface area contributed by atoms with Crippen molar-refractivity contribution in [2.24, 2.45) is 0 Å². The van der Waals surface area contributed by atoms with Crippen molar-refractivity contribution in [3.8, 4) is 0 Å². The Kier molecular flexibility index (Phi) is 9.05. The monoisotopic (exact) mass is 464 g/mol. The molecule has 0 aromatic carbocycles. The summed E-state index contributed by atoms with van der Waals surface area (Å²) >= 11 is -0.472. The van der Waals surface area contributed by atoms with Crippen LogP contribution in [-0.2, 0) is 29.6 Å². The summed E-state index contributed by atoms with van der Waals surface area (Å²) in [6.07, 6.45) is 3.61. The molecule has 6 heteroatoms. The van der Waals surface area contributed by atoms with Crippen LogP contribution in [0.25, 0.3) is 0 Å². The van der Waals surface area contributed by atoms with Crippen molar-refractivity contribution in [2.75, 3.05) is 0 Å². The average molecular weight is 465 g/mol. The van der Waals surface area contributed by atoms with E-state index in [1.807, 2.05) is 36.4 Å². The van der Waals surface area contributed by atoms with Crippen LogP contribution in [0.3, 0.4) is 0 Å². The van der Waals surface area contributed by atoms with Gasteiger partial charge in [-0.1, -0.05) is 12.1 Å². The summed E-state index contributed by atoms with van der Waals surface area (Å²) in [4.78, 5) is 8.45. The molecule has 0 aliphatic heterocycles. The second kappa shape index (κ2) is 10.5. The molecular formula is C12H13Cl2N3Pt. The van der Waals surface area contributed by atoms with Crippen molar-refractivity contribution < 1.29 is 16.5 Å². The zero-order valence-electron chi connectivity index (χ0n) is 9.50. The standard InChI is InChI=1S/C12H13N3.2ClH.Pt/c1-3-7-14-11(5-1)9-13-10-12-6-2-4-8-15-12;;;/h1-8,13H,9-10H2;2*1H;/q;;;+2/p-2. The fourth-order valence-corrected chi connectivity index (χ4v) is 1.32. The molecule has 0 bridgehead atoms. The molecule has 0 atom stereocenters. The molecule has 18 heavy (non-hydrogen) atoms. The number of hydrogen-bond acceptors (Lipinski definition) is 3. The van der Waals surface area contributed by atoms with E-state index in [2.05, 4.69) is 15.3 Å². The molecule has 2 aromatic heterocycles. The Hall–Kier alpha value is -0.472. The first-order valence-corrected chi connectivity index (χ1v) is 10.8. The number of nitrogens with zero attached hydrogens (tertiary/aromatic N) is 2. The quantitative estimate of drug-likeness (QED) is 0.755. The minimum Gasteiger partial charge on any atom is -0.306 e. The predicted molar refractivity (Wildman–Crippen MR) is 70.7 cm³/mol. The van der Waals surface area contributed by atoms with Crippen LogP contribution in [-0.4, -0.2) is 9.97 Å². The number of pyridine rings is 2. The van der Waals surface area contributed by atoms with E-state index in [1.54, 1.807) is 12.4 Å². The summed E-state index contributed by atoms with van der Waals surface area (Å²) in [6, 6.07) is 11.8. The first-order chi connectivity index (χ1) is 8.86. The van der Waals surface area contributed by atoms with Crippen LogP contribution in [0.15, 0.2) is 48.8 Å². The third-order valence-corrected chi connectivity index (χ3v) is 2.06. The van der Waals surface area contributed by atoms with Crippen LogP contribution >= 0.6 is 18.8 Å². The third-order valence-electron chi connectivity index (χ3n) is 2.06. The van der Waals surface area contributed by atoms with Gasteiger partial charge in [0, 0.05) is 25.5 Å². The van der Waals surface area contributed by atoms with E-state index >= 15 is 0 Å². The Balaban J connectivity index is 0.000000492. The van der Waals surface area contributed by atoms with Gasteiger partial charge in [0.1, 0.15) is 0 Å². The van der Waals surface area contributed by atoms with Gasteiger partial charge in [0.2, 0.25) is 0 Å². The summed E-state index contributed by atoms with van der Waals surface area (Å²) in [5.74, 6) is 0. The first kappa shape index (κ1) is 15.6. The van der Waals surface area contributed by atoms with Gasteiger partial charge < -0.3 is 5.32 Å². The van der Waals surface area contributed by atoms with E-state index in [0.717, 1.165) is 24.5 Å². The number of rotatable bonds is 4. The number of aromatic nitrogens is 2. The molecule has 0 saturated carbocycles. The number of hydrogen-bond donors (Lipinski definition) is 1. The topological polar surface area (TPSA) is 37.8 Å². The van der Waals surface area contributed by atoms with Crippen LogP contribution in [0, 0.1) is 0 Å². The van der Waals surface area contributed by atoms with Gasteiger partial charge in [-0.3, -0.25) is 9.97 Å². The Morgan fingerprint density at radius 2 is 1.33 bits per heavy atom. The second-order valence-corrected chi connectivity index (χ2v) is 6.57. The molecule has 2 aromatic rings. The van der Waals surface area contributed by atoms with E-state index in [4.69, 9.17) is 18.8 Å². The molecule has 0 fully saturated rings. The van der Waals surface area contributed by atoms with Crippen LogP contribution in [0.2, 0.25) is 0 Å². The van der Waals surface area contributed by atoms with Crippen molar-refractivity contribution in [3.63, 3.8) is 0 Å². The molecule has 0 aliphatic carbocycles. The molecule has 0 amide bonds. The van der Waals surface area contributed by atoms with Gasteiger partial charge in [0.25, 0.3) is 0 Å². The van der Waals surface area contributed by atoms with Crippen LogP contribution in [0.1, 0.15) is 11.4 Å². The zero-order chi connectivity index (χ0) is 13.1. The predicted octanol–water partition coefficient (Wildman–Crippen LogP) is 3.14. The zero-order valence-corrected chi connectivity index (χ0v) is 13.3. The van der Waals surface area contributed by atoms with E-state index in [-0.39, 0.29) is 0 Å². The molecule has 0 aliphatic rings. The molecular weight excluding hydrogens is 452 g/mol. The van der Waals surface area contributed by atoms with Gasteiger partial charge in [0.05, 0.1) is 11.4 Å². The summed E-state index contributed by atoms with van der Waals surface area (Å²) in [5, 5.41) is 3.29. The SMILES string of the molecule is [Cl][Pt][Cl].c1ccc(CNCc2ccccn2)nc1. The van der Waals surface area contributed by atoms with Gasteiger partial charge >= 0.3 is 35.3 Å². The molecule has 0 unspecified atom stereocenters. The summed E-state index contributed by atoms with van der Waals surface area (Å²) in [7, 11) is 9.75. The number of nitrogens with one attached hydrogen (secondary N) is 1. The Labute approximate surface area is 123 Å². The van der Waals surface area contributed by atoms with Crippen molar-refractivity contribution in [3.05, 3.63) is 60.2 Å². The molecule has 3 nitrogen and oxygen atoms in total. The van der Waals surface area contributed by atoms with Gasteiger partial charge in [-0.05, 0) is 24.3 Å². The van der Waals surface area contributed by atoms with Crippen LogP contribution in [0.4, 0.5) is 0 Å². The summed E-state index contributed by atoms with van der Waals surface area (Å²) in [6.45, 7) is 1.55. The van der Waals surface area contributed by atoms with Gasteiger partial charge in [-0.2, -0.15) is 0 Å². The Morgan fingerprint density at radius 1 is 0.889 bits per heavy atom. The maximum atomic E-state index is 4.88. The fourth-order valence-electron chi connectivity index (χ4n) is 1.32. The van der Waals surface area contributed by atoms with Gasteiger partial charge in [-0.15, -0.1) is 0 Å². The van der Waals surface area contributed by atoms with Crippen molar-refractivity contribution in [1.82, 2.24) is 15.3 Å². The Bertz CT molecular complexity index is 375. The molecule has 2 rings (SSSR count). The van der Waals surface area contributed by atoms with E-state index in [0.29, 0.717) is 0 Å². The van der Waals surface area contributed by atoms with E-state index < -0.39 is 16.5 Å². The molecule has 0 spiro atoms. The van der Waals surface area contributed by atoms with Crippen molar-refractivity contribution in [2.45, 2.75) is 13.1 Å². The van der Waals surface area contributed by atoms with E-state index in [1.165, 1.54) is 0 Å². The largest absolute Gasteiger partial charge is 0.306 e. The maximum absolute atomic E-state index is 4.88. The normalized spacial score (nSPS) is 9.67. The Morgan fingerprint density at radius 3 is 1.67 bits per heavy atom. The van der Waals surface area contributed by atoms with Gasteiger partial charge in [-0.25, -0.2) is 0 Å². The minimum atomic E-state index is -0.472. The minimum absolute atomic E-state index is 0.472. The van der Waals surface area contributed by atoms with Crippen molar-refractivity contribution in [1.29, 1.82) is 0 Å².